The normalized spacial score (nSPS) is 25.4. The molecule has 0 unspecified atom stereocenters. The molecule has 0 aliphatic carbocycles. The Kier molecular flexibility index (Phi) is 3.06. The molecule has 2 aliphatic heterocycles. The van der Waals surface area contributed by atoms with Gasteiger partial charge in [-0.2, -0.15) is 0 Å². The average molecular weight is 253 g/mol. The number of anilines is 1. The van der Waals surface area contributed by atoms with Gasteiger partial charge in [-0.3, -0.25) is 0 Å². The first-order valence-corrected chi connectivity index (χ1v) is 7.12. The third-order valence-electron chi connectivity index (χ3n) is 3.84. The topological polar surface area (TPSA) is 28.6 Å². The van der Waals surface area contributed by atoms with E-state index in [1.165, 1.54) is 0 Å². The summed E-state index contributed by atoms with van der Waals surface area (Å²) in [5.41, 5.74) is 0.0798. The van der Waals surface area contributed by atoms with E-state index in [1.54, 1.807) is 11.3 Å². The van der Waals surface area contributed by atoms with Gasteiger partial charge in [0.15, 0.2) is 5.13 Å². The maximum atomic E-state index is 6.09. The first-order valence-electron chi connectivity index (χ1n) is 6.24. The van der Waals surface area contributed by atoms with E-state index in [4.69, 9.17) is 4.74 Å². The summed E-state index contributed by atoms with van der Waals surface area (Å²) in [6, 6.07) is 0. The molecule has 0 aromatic carbocycles. The minimum Gasteiger partial charge on any atom is -0.371 e. The van der Waals surface area contributed by atoms with Gasteiger partial charge in [0.2, 0.25) is 0 Å². The van der Waals surface area contributed by atoms with E-state index in [0.29, 0.717) is 0 Å². The van der Waals surface area contributed by atoms with Crippen molar-refractivity contribution < 1.29 is 4.74 Å². The molecule has 0 saturated carbocycles. The number of piperidine rings is 1. The summed E-state index contributed by atoms with van der Waals surface area (Å²) >= 11 is 1.73. The molecule has 2 saturated heterocycles. The molecule has 17 heavy (non-hydrogen) atoms. The van der Waals surface area contributed by atoms with Gasteiger partial charge in [-0.25, -0.2) is 4.98 Å². The standard InChI is InChI=1S/C12H19N3OS/c1-14-5-2-12(3-6-14)10-15(7-8-16-12)11-13-4-9-17-11/h4,9H,2-3,5-8,10H2,1H3. The third-order valence-corrected chi connectivity index (χ3v) is 4.67. The van der Waals surface area contributed by atoms with Gasteiger partial charge >= 0.3 is 0 Å². The molecule has 4 nitrogen and oxygen atoms in total. The Morgan fingerprint density at radius 1 is 1.35 bits per heavy atom. The number of nitrogens with zero attached hydrogens (tertiary/aromatic N) is 3. The van der Waals surface area contributed by atoms with Crippen molar-refractivity contribution in [2.45, 2.75) is 18.4 Å². The van der Waals surface area contributed by atoms with Crippen LogP contribution in [0.2, 0.25) is 0 Å². The van der Waals surface area contributed by atoms with Crippen molar-refractivity contribution in [3.8, 4) is 0 Å². The van der Waals surface area contributed by atoms with Gasteiger partial charge in [0.05, 0.1) is 12.2 Å². The van der Waals surface area contributed by atoms with E-state index in [2.05, 4.69) is 21.8 Å². The quantitative estimate of drug-likeness (QED) is 0.757. The molecule has 1 aromatic rings. The molecule has 3 rings (SSSR count). The molecular formula is C12H19N3OS. The predicted molar refractivity (Wildman–Crippen MR) is 69.7 cm³/mol. The number of hydrogen-bond donors (Lipinski definition) is 0. The Labute approximate surface area is 106 Å². The molecule has 2 fully saturated rings. The lowest BCUT2D eigenvalue weighted by Gasteiger charge is -2.46. The lowest BCUT2D eigenvalue weighted by molar-refractivity contribution is -0.0883. The van der Waals surface area contributed by atoms with Crippen LogP contribution in [0.4, 0.5) is 5.13 Å². The molecule has 0 radical (unpaired) electrons. The van der Waals surface area contributed by atoms with Gasteiger partial charge in [0.25, 0.3) is 0 Å². The fourth-order valence-electron chi connectivity index (χ4n) is 2.71. The molecule has 5 heteroatoms. The second-order valence-electron chi connectivity index (χ2n) is 5.07. The fourth-order valence-corrected chi connectivity index (χ4v) is 3.38. The van der Waals surface area contributed by atoms with Crippen LogP contribution in [0.25, 0.3) is 0 Å². The molecule has 0 atom stereocenters. The van der Waals surface area contributed by atoms with Crippen LogP contribution in [0.15, 0.2) is 11.6 Å². The van der Waals surface area contributed by atoms with Crippen molar-refractivity contribution >= 4 is 16.5 Å². The van der Waals surface area contributed by atoms with Crippen molar-refractivity contribution in [3.05, 3.63) is 11.6 Å². The number of rotatable bonds is 1. The van der Waals surface area contributed by atoms with E-state index < -0.39 is 0 Å². The number of ether oxygens (including phenoxy) is 1. The first-order chi connectivity index (χ1) is 8.27. The third kappa shape index (κ3) is 2.32. The number of morpholine rings is 1. The highest BCUT2D eigenvalue weighted by molar-refractivity contribution is 7.13. The lowest BCUT2D eigenvalue weighted by atomic mass is 9.90. The van der Waals surface area contributed by atoms with Gasteiger partial charge in [-0.15, -0.1) is 11.3 Å². The summed E-state index contributed by atoms with van der Waals surface area (Å²) in [6.07, 6.45) is 4.17. The van der Waals surface area contributed by atoms with Gasteiger partial charge in [-0.05, 0) is 19.9 Å². The Balaban J connectivity index is 1.71. The number of thiazole rings is 1. The van der Waals surface area contributed by atoms with Crippen LogP contribution in [-0.4, -0.2) is 55.3 Å². The number of aromatic nitrogens is 1. The molecule has 3 heterocycles. The van der Waals surface area contributed by atoms with Gasteiger partial charge < -0.3 is 14.5 Å². The largest absolute Gasteiger partial charge is 0.371 e. The average Bonchev–Trinajstić information content (AvgIpc) is 2.88. The summed E-state index contributed by atoms with van der Waals surface area (Å²) in [5.74, 6) is 0. The Hall–Kier alpha value is -0.650. The highest BCUT2D eigenvalue weighted by atomic mass is 32.1. The SMILES string of the molecule is CN1CCC2(CC1)CN(c1nccs1)CCO2. The smallest absolute Gasteiger partial charge is 0.185 e. The lowest BCUT2D eigenvalue weighted by Crippen LogP contribution is -2.56. The molecule has 0 N–H and O–H groups in total. The number of likely N-dealkylation sites (tertiary alicyclic amines) is 1. The van der Waals surface area contributed by atoms with E-state index in [0.717, 1.165) is 50.8 Å². The van der Waals surface area contributed by atoms with E-state index in [-0.39, 0.29) is 5.60 Å². The highest BCUT2D eigenvalue weighted by Gasteiger charge is 2.39. The second kappa shape index (κ2) is 4.55. The minimum absolute atomic E-state index is 0.0798. The summed E-state index contributed by atoms with van der Waals surface area (Å²) in [7, 11) is 2.19. The van der Waals surface area contributed by atoms with Crippen LogP contribution < -0.4 is 4.90 Å². The number of hydrogen-bond acceptors (Lipinski definition) is 5. The fraction of sp³-hybridized carbons (Fsp3) is 0.750. The maximum Gasteiger partial charge on any atom is 0.185 e. The summed E-state index contributed by atoms with van der Waals surface area (Å²) < 4.78 is 6.09. The Bertz CT molecular complexity index is 360. The highest BCUT2D eigenvalue weighted by Crippen LogP contribution is 2.32. The van der Waals surface area contributed by atoms with Gasteiger partial charge in [0.1, 0.15) is 0 Å². The van der Waals surface area contributed by atoms with Gasteiger partial charge in [0, 0.05) is 37.8 Å². The zero-order valence-electron chi connectivity index (χ0n) is 10.3. The van der Waals surface area contributed by atoms with Crippen LogP contribution in [0.3, 0.4) is 0 Å². The van der Waals surface area contributed by atoms with E-state index in [1.807, 2.05) is 11.6 Å². The van der Waals surface area contributed by atoms with Crippen molar-refractivity contribution in [1.29, 1.82) is 0 Å². The second-order valence-corrected chi connectivity index (χ2v) is 5.94. The van der Waals surface area contributed by atoms with E-state index >= 15 is 0 Å². The Morgan fingerprint density at radius 2 is 2.18 bits per heavy atom. The summed E-state index contributed by atoms with van der Waals surface area (Å²) in [4.78, 5) is 9.19. The van der Waals surface area contributed by atoms with Crippen LogP contribution in [-0.2, 0) is 4.74 Å². The van der Waals surface area contributed by atoms with Crippen molar-refractivity contribution in [2.24, 2.45) is 0 Å². The predicted octanol–water partition coefficient (Wildman–Crippen LogP) is 1.44. The van der Waals surface area contributed by atoms with Crippen LogP contribution in [0.5, 0.6) is 0 Å². The monoisotopic (exact) mass is 253 g/mol. The zero-order valence-corrected chi connectivity index (χ0v) is 11.1. The summed E-state index contributed by atoms with van der Waals surface area (Å²) in [6.45, 7) is 5.11. The molecule has 1 spiro atoms. The zero-order chi connectivity index (χ0) is 11.7. The minimum atomic E-state index is 0.0798. The van der Waals surface area contributed by atoms with Crippen LogP contribution in [0.1, 0.15) is 12.8 Å². The van der Waals surface area contributed by atoms with Crippen molar-refractivity contribution in [2.75, 3.05) is 44.7 Å². The van der Waals surface area contributed by atoms with Crippen LogP contribution in [0, 0.1) is 0 Å². The maximum absolute atomic E-state index is 6.09. The molecule has 94 valence electrons. The molecule has 2 aliphatic rings. The van der Waals surface area contributed by atoms with Crippen molar-refractivity contribution in [1.82, 2.24) is 9.88 Å². The molecule has 0 amide bonds. The first kappa shape index (κ1) is 11.4. The summed E-state index contributed by atoms with van der Waals surface area (Å²) in [5, 5.41) is 3.19. The Morgan fingerprint density at radius 3 is 2.88 bits per heavy atom. The van der Waals surface area contributed by atoms with Crippen LogP contribution >= 0.6 is 11.3 Å². The molecular weight excluding hydrogens is 234 g/mol. The van der Waals surface area contributed by atoms with Gasteiger partial charge in [-0.1, -0.05) is 0 Å². The molecule has 1 aromatic heterocycles. The van der Waals surface area contributed by atoms with E-state index in [9.17, 15) is 0 Å². The molecule has 0 bridgehead atoms. The van der Waals surface area contributed by atoms with Crippen molar-refractivity contribution in [3.63, 3.8) is 0 Å².